The Bertz CT molecular complexity index is 951. The monoisotopic (exact) mass is 447 g/mol. The molecular formula is C18H14BrN3O2S2. The van der Waals surface area contributed by atoms with E-state index in [9.17, 15) is 9.59 Å². The van der Waals surface area contributed by atoms with Crippen molar-refractivity contribution < 1.29 is 9.59 Å². The van der Waals surface area contributed by atoms with Crippen LogP contribution in [0.4, 0.5) is 5.13 Å². The number of aromatic nitrogens is 1. The van der Waals surface area contributed by atoms with E-state index in [1.54, 1.807) is 6.07 Å². The number of nitrogens with one attached hydrogen (secondary N) is 1. The molecule has 0 fully saturated rings. The van der Waals surface area contributed by atoms with Gasteiger partial charge in [-0.1, -0.05) is 33.3 Å². The number of benzene rings is 1. The lowest BCUT2D eigenvalue weighted by atomic mass is 10.1. The first-order valence-corrected chi connectivity index (χ1v) is 10.5. The Hall–Kier alpha value is -2.03. The lowest BCUT2D eigenvalue weighted by Crippen LogP contribution is -2.35. The van der Waals surface area contributed by atoms with Crippen molar-refractivity contribution in [2.24, 2.45) is 0 Å². The minimum absolute atomic E-state index is 0.0146. The van der Waals surface area contributed by atoms with E-state index >= 15 is 0 Å². The van der Waals surface area contributed by atoms with Gasteiger partial charge in [-0.15, -0.1) is 11.3 Å². The molecule has 1 aromatic carbocycles. The van der Waals surface area contributed by atoms with Gasteiger partial charge in [0.1, 0.15) is 0 Å². The summed E-state index contributed by atoms with van der Waals surface area (Å²) in [7, 11) is 0. The number of halogens is 1. The predicted octanol–water partition coefficient (Wildman–Crippen LogP) is 4.42. The molecule has 4 rings (SSSR count). The summed E-state index contributed by atoms with van der Waals surface area (Å²) >= 11 is 6.22. The fourth-order valence-corrected chi connectivity index (χ4v) is 4.67. The predicted molar refractivity (Wildman–Crippen MR) is 107 cm³/mol. The number of amides is 2. The normalized spacial score (nSPS) is 13.3. The number of nitrogens with zero attached hydrogens (tertiary/aromatic N) is 2. The lowest BCUT2D eigenvalue weighted by molar-refractivity contribution is 0.0736. The van der Waals surface area contributed by atoms with Gasteiger partial charge in [-0.25, -0.2) is 4.98 Å². The molecule has 3 aromatic rings. The summed E-state index contributed by atoms with van der Waals surface area (Å²) in [5.74, 6) is -0.130. The lowest BCUT2D eigenvalue weighted by Gasteiger charge is -2.26. The topological polar surface area (TPSA) is 62.3 Å². The molecule has 5 nitrogen and oxygen atoms in total. The third kappa shape index (κ3) is 3.58. The molecule has 2 aromatic heterocycles. The Morgan fingerprint density at radius 2 is 2.00 bits per heavy atom. The number of hydrogen-bond acceptors (Lipinski definition) is 5. The Balaban J connectivity index is 1.47. The van der Waals surface area contributed by atoms with Crippen LogP contribution in [0.25, 0.3) is 0 Å². The van der Waals surface area contributed by atoms with Crippen LogP contribution in [-0.2, 0) is 13.0 Å². The van der Waals surface area contributed by atoms with Crippen LogP contribution < -0.4 is 5.32 Å². The molecule has 1 aliphatic heterocycles. The maximum atomic E-state index is 12.7. The average Bonchev–Trinajstić information content (AvgIpc) is 3.30. The highest BCUT2D eigenvalue weighted by molar-refractivity contribution is 9.10. The molecule has 0 saturated heterocycles. The minimum Gasteiger partial charge on any atom is -0.333 e. The minimum atomic E-state index is -0.145. The van der Waals surface area contributed by atoms with E-state index < -0.39 is 0 Å². The fourth-order valence-electron chi connectivity index (χ4n) is 2.76. The second-order valence-corrected chi connectivity index (χ2v) is 8.75. The van der Waals surface area contributed by atoms with Gasteiger partial charge in [0, 0.05) is 27.9 Å². The number of carbonyl (C=O) groups is 2. The van der Waals surface area contributed by atoms with Gasteiger partial charge in [0.05, 0.1) is 17.1 Å². The van der Waals surface area contributed by atoms with Crippen LogP contribution in [-0.4, -0.2) is 28.2 Å². The maximum absolute atomic E-state index is 12.7. The number of anilines is 1. The van der Waals surface area contributed by atoms with Crippen LogP contribution in [0.5, 0.6) is 0 Å². The molecule has 3 heterocycles. The number of rotatable bonds is 3. The number of hydrogen-bond donors (Lipinski definition) is 1. The first-order chi connectivity index (χ1) is 12.6. The summed E-state index contributed by atoms with van der Waals surface area (Å²) in [6.07, 6.45) is 0.697. The van der Waals surface area contributed by atoms with Crippen LogP contribution in [0.15, 0.2) is 46.3 Å². The first-order valence-electron chi connectivity index (χ1n) is 7.98. The Labute approximate surface area is 166 Å². The van der Waals surface area contributed by atoms with Crippen LogP contribution in [0.3, 0.4) is 0 Å². The number of fused-ring (bicyclic) bond motifs is 1. The van der Waals surface area contributed by atoms with Crippen molar-refractivity contribution in [2.75, 3.05) is 11.9 Å². The summed E-state index contributed by atoms with van der Waals surface area (Å²) in [6.45, 7) is 1.15. The number of carbonyl (C=O) groups excluding carboxylic acids is 2. The van der Waals surface area contributed by atoms with Gasteiger partial charge in [-0.3, -0.25) is 14.9 Å². The summed E-state index contributed by atoms with van der Waals surface area (Å²) in [6, 6.07) is 11.0. The molecule has 0 atom stereocenters. The SMILES string of the molecule is O=C(Nc1nc2c(s1)CN(C(=O)c1ccc(Br)cc1)CC2)c1cccs1. The van der Waals surface area contributed by atoms with Crippen molar-refractivity contribution in [1.82, 2.24) is 9.88 Å². The number of thiazole rings is 1. The fraction of sp³-hybridized carbons (Fsp3) is 0.167. The van der Waals surface area contributed by atoms with Gasteiger partial charge in [0.25, 0.3) is 11.8 Å². The zero-order valence-electron chi connectivity index (χ0n) is 13.6. The highest BCUT2D eigenvalue weighted by Crippen LogP contribution is 2.29. The molecular weight excluding hydrogens is 434 g/mol. The summed E-state index contributed by atoms with van der Waals surface area (Å²) in [4.78, 5) is 32.9. The van der Waals surface area contributed by atoms with Gasteiger partial charge < -0.3 is 4.90 Å². The van der Waals surface area contributed by atoms with Gasteiger partial charge in [0.2, 0.25) is 0 Å². The van der Waals surface area contributed by atoms with Crippen molar-refractivity contribution in [3.8, 4) is 0 Å². The molecule has 0 radical (unpaired) electrons. The summed E-state index contributed by atoms with van der Waals surface area (Å²) in [5.41, 5.74) is 1.64. The molecule has 0 bridgehead atoms. The molecule has 1 N–H and O–H groups in total. The Morgan fingerprint density at radius 1 is 1.19 bits per heavy atom. The van der Waals surface area contributed by atoms with Crippen molar-refractivity contribution in [3.63, 3.8) is 0 Å². The second-order valence-electron chi connectivity index (χ2n) is 5.80. The molecule has 2 amide bonds. The van der Waals surface area contributed by atoms with E-state index in [1.165, 1.54) is 22.7 Å². The molecule has 0 saturated carbocycles. The molecule has 0 aliphatic carbocycles. The third-order valence-electron chi connectivity index (χ3n) is 4.08. The van der Waals surface area contributed by atoms with Gasteiger partial charge in [-0.2, -0.15) is 0 Å². The Morgan fingerprint density at radius 3 is 2.73 bits per heavy atom. The Kier molecular flexibility index (Phi) is 4.88. The highest BCUT2D eigenvalue weighted by Gasteiger charge is 2.25. The highest BCUT2D eigenvalue weighted by atomic mass is 79.9. The van der Waals surface area contributed by atoms with E-state index in [-0.39, 0.29) is 11.8 Å². The van der Waals surface area contributed by atoms with Crippen LogP contribution >= 0.6 is 38.6 Å². The van der Waals surface area contributed by atoms with Crippen molar-refractivity contribution >= 4 is 55.5 Å². The summed E-state index contributed by atoms with van der Waals surface area (Å²) < 4.78 is 0.948. The molecule has 0 spiro atoms. The maximum Gasteiger partial charge on any atom is 0.267 e. The molecule has 132 valence electrons. The zero-order chi connectivity index (χ0) is 18.1. The van der Waals surface area contributed by atoms with Crippen LogP contribution in [0.2, 0.25) is 0 Å². The largest absolute Gasteiger partial charge is 0.333 e. The molecule has 26 heavy (non-hydrogen) atoms. The second kappa shape index (κ2) is 7.30. The van der Waals surface area contributed by atoms with Gasteiger partial charge >= 0.3 is 0 Å². The van der Waals surface area contributed by atoms with Gasteiger partial charge in [-0.05, 0) is 35.7 Å². The van der Waals surface area contributed by atoms with E-state index in [2.05, 4.69) is 26.2 Å². The standard InChI is InChI=1S/C18H14BrN3O2S2/c19-12-5-3-11(4-6-12)17(24)22-8-7-13-15(10-22)26-18(20-13)21-16(23)14-2-1-9-25-14/h1-6,9H,7-8,10H2,(H,20,21,23). The van der Waals surface area contributed by atoms with E-state index in [4.69, 9.17) is 0 Å². The van der Waals surface area contributed by atoms with E-state index in [0.717, 1.165) is 15.0 Å². The molecule has 1 aliphatic rings. The molecule has 8 heteroatoms. The van der Waals surface area contributed by atoms with Crippen LogP contribution in [0.1, 0.15) is 30.6 Å². The average molecular weight is 448 g/mol. The molecule has 0 unspecified atom stereocenters. The van der Waals surface area contributed by atoms with Crippen molar-refractivity contribution in [2.45, 2.75) is 13.0 Å². The van der Waals surface area contributed by atoms with E-state index in [1.807, 2.05) is 40.6 Å². The van der Waals surface area contributed by atoms with E-state index in [0.29, 0.717) is 35.1 Å². The van der Waals surface area contributed by atoms with Crippen molar-refractivity contribution in [3.05, 3.63) is 67.3 Å². The van der Waals surface area contributed by atoms with Gasteiger partial charge in [0.15, 0.2) is 5.13 Å². The third-order valence-corrected chi connectivity index (χ3v) is 6.47. The summed E-state index contributed by atoms with van der Waals surface area (Å²) in [5, 5.41) is 5.31. The zero-order valence-corrected chi connectivity index (χ0v) is 16.8. The quantitative estimate of drug-likeness (QED) is 0.646. The number of thiophene rings is 1. The van der Waals surface area contributed by atoms with Crippen molar-refractivity contribution in [1.29, 1.82) is 0 Å². The smallest absolute Gasteiger partial charge is 0.267 e. The first kappa shape index (κ1) is 17.4. The van der Waals surface area contributed by atoms with Crippen LogP contribution in [0, 0.1) is 0 Å².